The third kappa shape index (κ3) is 4.84. The fraction of sp³-hybridized carbons (Fsp3) is 0.600. The van der Waals surface area contributed by atoms with Crippen LogP contribution in [0.5, 0.6) is 0 Å². The number of nitrogens with one attached hydrogen (secondary N) is 1. The van der Waals surface area contributed by atoms with Crippen molar-refractivity contribution in [1.29, 1.82) is 0 Å². The maximum atomic E-state index is 12.0. The maximum absolute atomic E-state index is 12.0. The quantitative estimate of drug-likeness (QED) is 0.691. The van der Waals surface area contributed by atoms with Gasteiger partial charge in [-0.15, -0.1) is 0 Å². The van der Waals surface area contributed by atoms with E-state index in [9.17, 15) is 14.8 Å². The van der Waals surface area contributed by atoms with Gasteiger partial charge in [-0.25, -0.2) is 4.79 Å². The van der Waals surface area contributed by atoms with E-state index in [-0.39, 0.29) is 0 Å². The Balaban J connectivity index is 2.02. The van der Waals surface area contributed by atoms with Crippen LogP contribution in [0.1, 0.15) is 34.1 Å². The molecular weight excluding hydrogens is 297 g/mol. The molecule has 1 aliphatic heterocycles. The summed E-state index contributed by atoms with van der Waals surface area (Å²) in [5.41, 5.74) is 0.200. The molecule has 8 heteroatoms. The van der Waals surface area contributed by atoms with Crippen LogP contribution in [0.15, 0.2) is 18.5 Å². The lowest BCUT2D eigenvalue weighted by Crippen LogP contribution is -2.49. The Bertz CT molecular complexity index is 576. The summed E-state index contributed by atoms with van der Waals surface area (Å²) in [5, 5.41) is 21.4. The van der Waals surface area contributed by atoms with E-state index in [0.29, 0.717) is 12.0 Å². The van der Waals surface area contributed by atoms with Gasteiger partial charge in [0.1, 0.15) is 5.60 Å². The highest BCUT2D eigenvalue weighted by molar-refractivity contribution is 6.58. The SMILES string of the molecule is CC(C)(C)OC(=O)N[C@@]1(C)CCN(c2cncc(B(O)O)c2)C1. The molecule has 23 heavy (non-hydrogen) atoms. The highest BCUT2D eigenvalue weighted by Crippen LogP contribution is 2.26. The van der Waals surface area contributed by atoms with E-state index in [4.69, 9.17) is 4.74 Å². The molecule has 7 nitrogen and oxygen atoms in total. The highest BCUT2D eigenvalue weighted by Gasteiger charge is 2.36. The Kier molecular flexibility index (Phi) is 4.86. The van der Waals surface area contributed by atoms with Crippen LogP contribution in [0.4, 0.5) is 10.5 Å². The lowest BCUT2D eigenvalue weighted by atomic mass is 9.81. The number of aromatic nitrogens is 1. The van der Waals surface area contributed by atoms with Gasteiger partial charge < -0.3 is 25.0 Å². The topological polar surface area (TPSA) is 94.9 Å². The van der Waals surface area contributed by atoms with Gasteiger partial charge in [0.25, 0.3) is 0 Å². The maximum Gasteiger partial charge on any atom is 0.490 e. The van der Waals surface area contributed by atoms with Crippen molar-refractivity contribution in [2.75, 3.05) is 18.0 Å². The Labute approximate surface area is 136 Å². The summed E-state index contributed by atoms with van der Waals surface area (Å²) in [6, 6.07) is 1.69. The van der Waals surface area contributed by atoms with Gasteiger partial charge in [0.05, 0.1) is 17.4 Å². The summed E-state index contributed by atoms with van der Waals surface area (Å²) in [6.07, 6.45) is 3.42. The van der Waals surface area contributed by atoms with Gasteiger partial charge in [-0.2, -0.15) is 0 Å². The second-order valence-electron chi connectivity index (χ2n) is 7.21. The molecule has 0 spiro atoms. The molecule has 1 aromatic heterocycles. The van der Waals surface area contributed by atoms with Crippen LogP contribution < -0.4 is 15.7 Å². The van der Waals surface area contributed by atoms with Crippen molar-refractivity contribution in [3.8, 4) is 0 Å². The first-order valence-corrected chi connectivity index (χ1v) is 7.65. The van der Waals surface area contributed by atoms with Gasteiger partial charge in [0.2, 0.25) is 0 Å². The van der Waals surface area contributed by atoms with Crippen LogP contribution in [0.3, 0.4) is 0 Å². The van der Waals surface area contributed by atoms with E-state index >= 15 is 0 Å². The Morgan fingerprint density at radius 1 is 1.43 bits per heavy atom. The monoisotopic (exact) mass is 321 g/mol. The number of pyridine rings is 1. The standard InChI is InChI=1S/C15H24BN3O4/c1-14(2,3)23-13(20)18-15(4)5-6-19(10-15)12-7-11(16(21)22)8-17-9-12/h7-9,21-22H,5-6,10H2,1-4H3,(H,18,20)/t15-/m0/s1. The van der Waals surface area contributed by atoms with Crippen LogP contribution in [-0.4, -0.2) is 52.5 Å². The summed E-state index contributed by atoms with van der Waals surface area (Å²) in [6.45, 7) is 8.78. The molecule has 0 aliphatic carbocycles. The first-order valence-electron chi connectivity index (χ1n) is 7.65. The lowest BCUT2D eigenvalue weighted by Gasteiger charge is -2.29. The zero-order chi connectivity index (χ0) is 17.3. The van der Waals surface area contributed by atoms with Crippen molar-refractivity contribution in [2.45, 2.75) is 45.3 Å². The normalized spacial score (nSPS) is 21.2. The van der Waals surface area contributed by atoms with Gasteiger partial charge in [0, 0.05) is 24.7 Å². The summed E-state index contributed by atoms with van der Waals surface area (Å²) >= 11 is 0. The molecule has 0 radical (unpaired) electrons. The van der Waals surface area contributed by atoms with Crippen molar-refractivity contribution < 1.29 is 19.6 Å². The molecule has 1 atom stereocenters. The number of hydrogen-bond acceptors (Lipinski definition) is 6. The summed E-state index contributed by atoms with van der Waals surface area (Å²) in [5.74, 6) is 0. The van der Waals surface area contributed by atoms with E-state index < -0.39 is 24.4 Å². The first kappa shape index (κ1) is 17.6. The predicted molar refractivity (Wildman–Crippen MR) is 88.7 cm³/mol. The number of carbonyl (C=O) groups excluding carboxylic acids is 1. The minimum absolute atomic E-state index is 0.344. The molecule has 0 saturated carbocycles. The molecule has 1 saturated heterocycles. The Hall–Kier alpha value is -1.80. The molecule has 0 bridgehead atoms. The van der Waals surface area contributed by atoms with Crippen LogP contribution in [-0.2, 0) is 4.74 Å². The molecular formula is C15H24BN3O4. The van der Waals surface area contributed by atoms with Crippen LogP contribution >= 0.6 is 0 Å². The second-order valence-corrected chi connectivity index (χ2v) is 7.21. The number of carbonyl (C=O) groups is 1. The molecule has 1 aliphatic rings. The van der Waals surface area contributed by atoms with Gasteiger partial charge in [-0.3, -0.25) is 4.98 Å². The minimum Gasteiger partial charge on any atom is -0.444 e. The molecule has 1 aromatic rings. The van der Waals surface area contributed by atoms with Crippen molar-refractivity contribution in [1.82, 2.24) is 10.3 Å². The van der Waals surface area contributed by atoms with Gasteiger partial charge in [-0.05, 0) is 40.2 Å². The Morgan fingerprint density at radius 3 is 2.74 bits per heavy atom. The van der Waals surface area contributed by atoms with Crippen LogP contribution in [0.25, 0.3) is 0 Å². The van der Waals surface area contributed by atoms with Crippen molar-refractivity contribution in [2.24, 2.45) is 0 Å². The molecule has 2 rings (SSSR count). The van der Waals surface area contributed by atoms with E-state index in [0.717, 1.165) is 18.7 Å². The smallest absolute Gasteiger partial charge is 0.444 e. The minimum atomic E-state index is -1.55. The van der Waals surface area contributed by atoms with Gasteiger partial charge in [0.15, 0.2) is 0 Å². The molecule has 1 fully saturated rings. The fourth-order valence-electron chi connectivity index (χ4n) is 2.59. The van der Waals surface area contributed by atoms with E-state index in [1.165, 1.54) is 6.20 Å². The highest BCUT2D eigenvalue weighted by atomic mass is 16.6. The number of rotatable bonds is 3. The number of alkyl carbamates (subject to hydrolysis) is 1. The number of anilines is 1. The number of hydrogen-bond donors (Lipinski definition) is 3. The zero-order valence-electron chi connectivity index (χ0n) is 14.0. The lowest BCUT2D eigenvalue weighted by molar-refractivity contribution is 0.0473. The third-order valence-corrected chi connectivity index (χ3v) is 3.68. The molecule has 126 valence electrons. The molecule has 3 N–H and O–H groups in total. The summed E-state index contributed by atoms with van der Waals surface area (Å²) in [7, 11) is -1.55. The zero-order valence-corrected chi connectivity index (χ0v) is 14.0. The van der Waals surface area contributed by atoms with Crippen LogP contribution in [0.2, 0.25) is 0 Å². The number of nitrogens with zero attached hydrogens (tertiary/aromatic N) is 2. The van der Waals surface area contributed by atoms with Crippen molar-refractivity contribution >= 4 is 24.4 Å². The number of amides is 1. The van der Waals surface area contributed by atoms with E-state index in [2.05, 4.69) is 15.2 Å². The van der Waals surface area contributed by atoms with Crippen molar-refractivity contribution in [3.05, 3.63) is 18.5 Å². The molecule has 0 unspecified atom stereocenters. The van der Waals surface area contributed by atoms with Gasteiger partial charge >= 0.3 is 13.2 Å². The second kappa shape index (κ2) is 6.37. The third-order valence-electron chi connectivity index (χ3n) is 3.68. The first-order chi connectivity index (χ1) is 10.6. The summed E-state index contributed by atoms with van der Waals surface area (Å²) < 4.78 is 5.31. The largest absolute Gasteiger partial charge is 0.490 e. The average molecular weight is 321 g/mol. The number of ether oxygens (including phenoxy) is 1. The molecule has 1 amide bonds. The van der Waals surface area contributed by atoms with Crippen molar-refractivity contribution in [3.63, 3.8) is 0 Å². The van der Waals surface area contributed by atoms with E-state index in [1.807, 2.05) is 27.7 Å². The average Bonchev–Trinajstić information content (AvgIpc) is 2.78. The predicted octanol–water partition coefficient (Wildman–Crippen LogP) is 0.255. The summed E-state index contributed by atoms with van der Waals surface area (Å²) in [4.78, 5) is 18.1. The molecule has 0 aromatic carbocycles. The van der Waals surface area contributed by atoms with Gasteiger partial charge in [-0.1, -0.05) is 0 Å². The molecule has 2 heterocycles. The fourth-order valence-corrected chi connectivity index (χ4v) is 2.59. The van der Waals surface area contributed by atoms with Crippen LogP contribution in [0, 0.1) is 0 Å². The Morgan fingerprint density at radius 2 is 2.13 bits per heavy atom. The van der Waals surface area contributed by atoms with E-state index in [1.54, 1.807) is 12.3 Å².